The number of allylic oxidation sites excluding steroid dienone is 2. The second-order valence-electron chi connectivity index (χ2n) is 5.00. The molecule has 0 amide bonds. The van der Waals surface area contributed by atoms with Crippen LogP contribution < -0.4 is 5.73 Å². The first-order chi connectivity index (χ1) is 6.88. The van der Waals surface area contributed by atoms with E-state index in [4.69, 9.17) is 5.73 Å². The van der Waals surface area contributed by atoms with Gasteiger partial charge in [0.05, 0.1) is 11.3 Å². The van der Waals surface area contributed by atoms with E-state index < -0.39 is 0 Å². The Morgan fingerprint density at radius 2 is 1.93 bits per heavy atom. The average molecular weight is 208 g/mol. The Hall–Kier alpha value is -1.12. The fourth-order valence-corrected chi connectivity index (χ4v) is 1.97. The molecule has 0 spiro atoms. The number of hydrogen-bond donors (Lipinski definition) is 1. The molecule has 0 bridgehead atoms. The number of hydrogen-bond acceptors (Lipinski definition) is 3. The fourth-order valence-electron chi connectivity index (χ4n) is 1.97. The molecule has 0 saturated heterocycles. The van der Waals surface area contributed by atoms with Crippen molar-refractivity contribution in [2.75, 3.05) is 7.05 Å². The summed E-state index contributed by atoms with van der Waals surface area (Å²) in [6.07, 6.45) is 2.29. The standard InChI is InChI=1S/C12H20N2O/c1-12(2,3)11(14-4)10-8(13)6-5-7-9(10)15/h5-7,13H2,1-4H3. The van der Waals surface area contributed by atoms with Crippen LogP contribution in [0.15, 0.2) is 16.3 Å². The predicted molar refractivity (Wildman–Crippen MR) is 62.9 cm³/mol. The number of nitrogens with zero attached hydrogens (tertiary/aromatic N) is 1. The van der Waals surface area contributed by atoms with Crippen molar-refractivity contribution in [2.24, 2.45) is 16.1 Å². The lowest BCUT2D eigenvalue weighted by Gasteiger charge is -2.26. The molecule has 15 heavy (non-hydrogen) atoms. The minimum atomic E-state index is -0.123. The number of Topliss-reactive ketones (excluding diaryl/α,β-unsaturated/α-hetero) is 1. The molecule has 1 aliphatic rings. The molecule has 2 N–H and O–H groups in total. The molecule has 0 aromatic heterocycles. The van der Waals surface area contributed by atoms with Crippen LogP contribution in [0, 0.1) is 5.41 Å². The highest BCUT2D eigenvalue weighted by atomic mass is 16.1. The van der Waals surface area contributed by atoms with E-state index in [-0.39, 0.29) is 11.2 Å². The summed E-state index contributed by atoms with van der Waals surface area (Å²) in [5.41, 5.74) is 8.02. The van der Waals surface area contributed by atoms with Gasteiger partial charge in [0.1, 0.15) is 0 Å². The predicted octanol–water partition coefficient (Wildman–Crippen LogP) is 2.07. The molecule has 0 aromatic rings. The van der Waals surface area contributed by atoms with Crippen molar-refractivity contribution >= 4 is 11.5 Å². The van der Waals surface area contributed by atoms with Crippen molar-refractivity contribution in [3.8, 4) is 0 Å². The highest BCUT2D eigenvalue weighted by molar-refractivity contribution is 6.24. The highest BCUT2D eigenvalue weighted by Gasteiger charge is 2.30. The largest absolute Gasteiger partial charge is 0.401 e. The highest BCUT2D eigenvalue weighted by Crippen LogP contribution is 2.28. The van der Waals surface area contributed by atoms with E-state index >= 15 is 0 Å². The van der Waals surface area contributed by atoms with Crippen molar-refractivity contribution in [3.63, 3.8) is 0 Å². The summed E-state index contributed by atoms with van der Waals surface area (Å²) >= 11 is 0. The van der Waals surface area contributed by atoms with Crippen molar-refractivity contribution in [2.45, 2.75) is 40.0 Å². The Morgan fingerprint density at radius 3 is 2.33 bits per heavy atom. The number of ketones is 1. The van der Waals surface area contributed by atoms with Gasteiger partial charge in [-0.3, -0.25) is 9.79 Å². The van der Waals surface area contributed by atoms with Crippen molar-refractivity contribution < 1.29 is 4.79 Å². The second-order valence-corrected chi connectivity index (χ2v) is 5.00. The third-order valence-corrected chi connectivity index (χ3v) is 2.62. The lowest BCUT2D eigenvalue weighted by molar-refractivity contribution is -0.115. The molecular weight excluding hydrogens is 188 g/mol. The van der Waals surface area contributed by atoms with Crippen LogP contribution in [-0.4, -0.2) is 18.5 Å². The quantitative estimate of drug-likeness (QED) is 0.671. The first kappa shape index (κ1) is 12.0. The van der Waals surface area contributed by atoms with Crippen molar-refractivity contribution in [1.82, 2.24) is 0 Å². The minimum absolute atomic E-state index is 0.123. The Morgan fingerprint density at radius 1 is 1.33 bits per heavy atom. The van der Waals surface area contributed by atoms with E-state index in [2.05, 4.69) is 25.8 Å². The molecule has 3 heteroatoms. The summed E-state index contributed by atoms with van der Waals surface area (Å²) in [7, 11) is 1.72. The molecule has 0 heterocycles. The van der Waals surface area contributed by atoms with Crippen LogP contribution in [0.1, 0.15) is 40.0 Å². The van der Waals surface area contributed by atoms with Gasteiger partial charge in [0.15, 0.2) is 5.78 Å². The topological polar surface area (TPSA) is 55.4 Å². The monoisotopic (exact) mass is 208 g/mol. The summed E-state index contributed by atoms with van der Waals surface area (Å²) in [6, 6.07) is 0. The summed E-state index contributed by atoms with van der Waals surface area (Å²) < 4.78 is 0. The number of carbonyl (C=O) groups excluding carboxylic acids is 1. The number of carbonyl (C=O) groups is 1. The maximum atomic E-state index is 11.8. The smallest absolute Gasteiger partial charge is 0.166 e. The van der Waals surface area contributed by atoms with Gasteiger partial charge in [-0.25, -0.2) is 0 Å². The van der Waals surface area contributed by atoms with Crippen molar-refractivity contribution in [1.29, 1.82) is 0 Å². The summed E-state index contributed by atoms with van der Waals surface area (Å²) in [5.74, 6) is 0.147. The number of nitrogens with two attached hydrogens (primary N) is 1. The molecule has 3 nitrogen and oxygen atoms in total. The van der Waals surface area contributed by atoms with E-state index in [9.17, 15) is 4.79 Å². The Bertz CT molecular complexity index is 332. The van der Waals surface area contributed by atoms with Crippen LogP contribution in [0.25, 0.3) is 0 Å². The zero-order valence-corrected chi connectivity index (χ0v) is 10.1. The van der Waals surface area contributed by atoms with Crippen LogP contribution >= 0.6 is 0 Å². The SMILES string of the molecule is CN=C(C1=C(N)CCCC1=O)C(C)(C)C. The zero-order valence-electron chi connectivity index (χ0n) is 10.1. The molecule has 0 radical (unpaired) electrons. The van der Waals surface area contributed by atoms with Gasteiger partial charge in [0.2, 0.25) is 0 Å². The van der Waals surface area contributed by atoms with E-state index in [1.807, 2.05) is 0 Å². The van der Waals surface area contributed by atoms with Gasteiger partial charge in [-0.1, -0.05) is 20.8 Å². The normalized spacial score (nSPS) is 19.7. The van der Waals surface area contributed by atoms with E-state index in [1.54, 1.807) is 7.05 Å². The summed E-state index contributed by atoms with van der Waals surface area (Å²) in [4.78, 5) is 16.1. The lowest BCUT2D eigenvalue weighted by Crippen LogP contribution is -2.31. The Balaban J connectivity index is 3.20. The van der Waals surface area contributed by atoms with Gasteiger partial charge in [0.25, 0.3) is 0 Å². The first-order valence-electron chi connectivity index (χ1n) is 5.37. The molecule has 0 unspecified atom stereocenters. The molecule has 1 rings (SSSR count). The Kier molecular flexibility index (Phi) is 3.32. The number of aliphatic imine (C=N–C) groups is 1. The van der Waals surface area contributed by atoms with Gasteiger partial charge >= 0.3 is 0 Å². The first-order valence-corrected chi connectivity index (χ1v) is 5.37. The molecule has 0 atom stereocenters. The molecule has 0 saturated carbocycles. The van der Waals surface area contributed by atoms with Gasteiger partial charge < -0.3 is 5.73 Å². The molecule has 1 aliphatic carbocycles. The van der Waals surface area contributed by atoms with Crippen LogP contribution in [-0.2, 0) is 4.79 Å². The summed E-state index contributed by atoms with van der Waals surface area (Å²) in [6.45, 7) is 6.16. The average Bonchev–Trinajstić information content (AvgIpc) is 2.09. The molecular formula is C12H20N2O. The Labute approximate surface area is 91.5 Å². The lowest BCUT2D eigenvalue weighted by atomic mass is 9.80. The number of rotatable bonds is 1. The van der Waals surface area contributed by atoms with E-state index in [0.717, 1.165) is 18.6 Å². The van der Waals surface area contributed by atoms with E-state index in [1.165, 1.54) is 0 Å². The zero-order chi connectivity index (χ0) is 11.6. The molecule has 0 aromatic carbocycles. The third kappa shape index (κ3) is 2.46. The van der Waals surface area contributed by atoms with Crippen LogP contribution in [0.2, 0.25) is 0 Å². The molecule has 0 aliphatic heterocycles. The fraction of sp³-hybridized carbons (Fsp3) is 0.667. The van der Waals surface area contributed by atoms with Crippen LogP contribution in [0.3, 0.4) is 0 Å². The maximum absolute atomic E-state index is 11.8. The third-order valence-electron chi connectivity index (χ3n) is 2.62. The van der Waals surface area contributed by atoms with E-state index in [0.29, 0.717) is 17.7 Å². The van der Waals surface area contributed by atoms with Gasteiger partial charge in [0, 0.05) is 24.6 Å². The summed E-state index contributed by atoms with van der Waals surface area (Å²) in [5, 5.41) is 0. The van der Waals surface area contributed by atoms with Gasteiger partial charge in [-0.15, -0.1) is 0 Å². The van der Waals surface area contributed by atoms with Crippen molar-refractivity contribution in [3.05, 3.63) is 11.3 Å². The van der Waals surface area contributed by atoms with Gasteiger partial charge in [-0.05, 0) is 12.8 Å². The van der Waals surface area contributed by atoms with Crippen LogP contribution in [0.5, 0.6) is 0 Å². The maximum Gasteiger partial charge on any atom is 0.166 e. The second kappa shape index (κ2) is 4.17. The van der Waals surface area contributed by atoms with Crippen LogP contribution in [0.4, 0.5) is 0 Å². The molecule has 84 valence electrons. The molecule has 0 fully saturated rings. The van der Waals surface area contributed by atoms with Gasteiger partial charge in [-0.2, -0.15) is 0 Å². The minimum Gasteiger partial charge on any atom is -0.401 e.